The second-order valence-electron chi connectivity index (χ2n) is 4.10. The zero-order valence-corrected chi connectivity index (χ0v) is 11.0. The Balaban J connectivity index is 2.61. The second-order valence-corrected chi connectivity index (χ2v) is 4.10. The maximum Gasteiger partial charge on any atom is 0.328 e. The number of nitrogens with zero attached hydrogens (tertiary/aromatic N) is 1. The molecule has 0 aliphatic carbocycles. The predicted octanol–water partition coefficient (Wildman–Crippen LogP) is 1.39. The number of aliphatic carboxylic acids is 1. The molecule has 102 valence electrons. The number of likely N-dealkylation sites (N-methyl/N-ethyl adjacent to an activating group) is 1. The first-order valence-electron chi connectivity index (χ1n) is 5.75. The number of rotatable bonds is 6. The average molecular weight is 263 g/mol. The van der Waals surface area contributed by atoms with Gasteiger partial charge in [-0.1, -0.05) is 24.3 Å². The lowest BCUT2D eigenvalue weighted by molar-refractivity contribution is -0.134. The van der Waals surface area contributed by atoms with Crippen LogP contribution in [-0.4, -0.2) is 42.6 Å². The van der Waals surface area contributed by atoms with Crippen LogP contribution in [0.5, 0.6) is 0 Å². The summed E-state index contributed by atoms with van der Waals surface area (Å²) in [5.41, 5.74) is 1.77. The summed E-state index contributed by atoms with van der Waals surface area (Å²) in [6.45, 7) is 0.557. The number of carbonyl (C=O) groups excluding carboxylic acids is 1. The molecule has 0 radical (unpaired) electrons. The van der Waals surface area contributed by atoms with Crippen LogP contribution in [0.1, 0.15) is 11.1 Å². The highest BCUT2D eigenvalue weighted by molar-refractivity contribution is 5.85. The van der Waals surface area contributed by atoms with E-state index in [-0.39, 0.29) is 12.5 Å². The predicted molar refractivity (Wildman–Crippen MR) is 71.5 cm³/mol. The Morgan fingerprint density at radius 3 is 2.47 bits per heavy atom. The third-order valence-electron chi connectivity index (χ3n) is 2.51. The third kappa shape index (κ3) is 5.35. The summed E-state index contributed by atoms with van der Waals surface area (Å²) < 4.78 is 4.78. The van der Waals surface area contributed by atoms with Gasteiger partial charge in [0.1, 0.15) is 6.61 Å². The Labute approximate surface area is 112 Å². The fraction of sp³-hybridized carbons (Fsp3) is 0.286. The van der Waals surface area contributed by atoms with Gasteiger partial charge in [0, 0.05) is 26.8 Å². The lowest BCUT2D eigenvalue weighted by Crippen LogP contribution is -2.29. The minimum atomic E-state index is -0.978. The Hall–Kier alpha value is -2.14. The van der Waals surface area contributed by atoms with E-state index in [4.69, 9.17) is 9.84 Å². The second kappa shape index (κ2) is 7.33. The molecule has 1 aromatic rings. The van der Waals surface area contributed by atoms with E-state index >= 15 is 0 Å². The van der Waals surface area contributed by atoms with Crippen molar-refractivity contribution in [2.24, 2.45) is 0 Å². The quantitative estimate of drug-likeness (QED) is 0.788. The summed E-state index contributed by atoms with van der Waals surface area (Å²) in [7, 11) is 3.19. The van der Waals surface area contributed by atoms with Gasteiger partial charge in [0.05, 0.1) is 0 Å². The molecule has 0 unspecified atom stereocenters. The highest BCUT2D eigenvalue weighted by Gasteiger charge is 2.08. The minimum Gasteiger partial charge on any atom is -0.478 e. The molecule has 0 heterocycles. The molecule has 0 fully saturated rings. The van der Waals surface area contributed by atoms with Crippen LogP contribution in [0.2, 0.25) is 0 Å². The van der Waals surface area contributed by atoms with Gasteiger partial charge in [-0.25, -0.2) is 4.79 Å². The van der Waals surface area contributed by atoms with Crippen molar-refractivity contribution in [2.45, 2.75) is 6.54 Å². The van der Waals surface area contributed by atoms with Gasteiger partial charge in [-0.2, -0.15) is 0 Å². The summed E-state index contributed by atoms with van der Waals surface area (Å²) in [6, 6.07) is 7.34. The molecule has 0 spiro atoms. The molecule has 0 bridgehead atoms. The topological polar surface area (TPSA) is 66.8 Å². The summed E-state index contributed by atoms with van der Waals surface area (Å²) in [5, 5.41) is 8.52. The number of carbonyl (C=O) groups is 2. The van der Waals surface area contributed by atoms with Crippen molar-refractivity contribution in [1.29, 1.82) is 0 Å². The van der Waals surface area contributed by atoms with E-state index in [0.29, 0.717) is 6.54 Å². The lowest BCUT2D eigenvalue weighted by atomic mass is 10.1. The number of amides is 1. The van der Waals surface area contributed by atoms with Gasteiger partial charge in [-0.15, -0.1) is 0 Å². The van der Waals surface area contributed by atoms with Crippen molar-refractivity contribution >= 4 is 18.0 Å². The number of carboxylic acids is 1. The summed E-state index contributed by atoms with van der Waals surface area (Å²) >= 11 is 0. The molecule has 0 atom stereocenters. The normalized spacial score (nSPS) is 10.6. The number of methoxy groups -OCH3 is 1. The van der Waals surface area contributed by atoms with E-state index in [0.717, 1.165) is 17.2 Å². The summed E-state index contributed by atoms with van der Waals surface area (Å²) in [4.78, 5) is 23.5. The molecule has 19 heavy (non-hydrogen) atoms. The summed E-state index contributed by atoms with van der Waals surface area (Å²) in [6.07, 6.45) is 2.61. The van der Waals surface area contributed by atoms with E-state index < -0.39 is 5.97 Å². The number of hydrogen-bond acceptors (Lipinski definition) is 3. The Bertz CT molecular complexity index is 465. The molecule has 0 saturated carbocycles. The highest BCUT2D eigenvalue weighted by Crippen LogP contribution is 2.08. The largest absolute Gasteiger partial charge is 0.478 e. The molecule has 1 rings (SSSR count). The Morgan fingerprint density at radius 2 is 1.95 bits per heavy atom. The molecule has 5 heteroatoms. The third-order valence-corrected chi connectivity index (χ3v) is 2.51. The van der Waals surface area contributed by atoms with Gasteiger partial charge < -0.3 is 14.7 Å². The van der Waals surface area contributed by atoms with Gasteiger partial charge in [0.25, 0.3) is 0 Å². The minimum absolute atomic E-state index is 0.0654. The fourth-order valence-corrected chi connectivity index (χ4v) is 1.50. The first-order valence-corrected chi connectivity index (χ1v) is 5.75. The van der Waals surface area contributed by atoms with Gasteiger partial charge in [0.2, 0.25) is 5.91 Å². The molecular weight excluding hydrogens is 246 g/mol. The highest BCUT2D eigenvalue weighted by atomic mass is 16.5. The fourth-order valence-electron chi connectivity index (χ4n) is 1.50. The van der Waals surface area contributed by atoms with Gasteiger partial charge in [0.15, 0.2) is 0 Å². The molecule has 1 aromatic carbocycles. The molecule has 0 aromatic heterocycles. The van der Waals surface area contributed by atoms with Crippen molar-refractivity contribution in [2.75, 3.05) is 20.8 Å². The van der Waals surface area contributed by atoms with E-state index in [9.17, 15) is 9.59 Å². The SMILES string of the molecule is COCC(=O)N(C)Cc1ccc(C=CC(=O)O)cc1. The Morgan fingerprint density at radius 1 is 1.32 bits per heavy atom. The number of carboxylic acid groups (broad SMARTS) is 1. The van der Waals surface area contributed by atoms with Crippen molar-refractivity contribution in [3.63, 3.8) is 0 Å². The molecule has 1 amide bonds. The van der Waals surface area contributed by atoms with Crippen LogP contribution in [0, 0.1) is 0 Å². The van der Waals surface area contributed by atoms with E-state index in [2.05, 4.69) is 0 Å². The van der Waals surface area contributed by atoms with Crippen molar-refractivity contribution < 1.29 is 19.4 Å². The van der Waals surface area contributed by atoms with Gasteiger partial charge in [-0.3, -0.25) is 4.79 Å². The number of ether oxygens (including phenoxy) is 1. The van der Waals surface area contributed by atoms with E-state index in [1.165, 1.54) is 13.2 Å². The van der Waals surface area contributed by atoms with Crippen LogP contribution in [-0.2, 0) is 20.9 Å². The first-order chi connectivity index (χ1) is 9.02. The molecular formula is C14H17NO4. The maximum absolute atomic E-state index is 11.5. The standard InChI is InChI=1S/C14H17NO4/c1-15(13(16)10-19-2)9-12-5-3-11(4-6-12)7-8-14(17)18/h3-8H,9-10H2,1-2H3,(H,17,18). The van der Waals surface area contributed by atoms with Crippen LogP contribution in [0.4, 0.5) is 0 Å². The van der Waals surface area contributed by atoms with Crippen molar-refractivity contribution in [1.82, 2.24) is 4.90 Å². The summed E-state index contributed by atoms with van der Waals surface area (Å²) in [5.74, 6) is -1.06. The molecule has 5 nitrogen and oxygen atoms in total. The van der Waals surface area contributed by atoms with Gasteiger partial charge >= 0.3 is 5.97 Å². The molecule has 0 saturated heterocycles. The van der Waals surface area contributed by atoms with E-state index in [1.54, 1.807) is 11.9 Å². The van der Waals surface area contributed by atoms with Crippen LogP contribution in [0.15, 0.2) is 30.3 Å². The number of hydrogen-bond donors (Lipinski definition) is 1. The average Bonchev–Trinajstić information content (AvgIpc) is 2.38. The smallest absolute Gasteiger partial charge is 0.328 e. The molecule has 0 aliphatic heterocycles. The van der Waals surface area contributed by atoms with Crippen LogP contribution in [0.3, 0.4) is 0 Å². The van der Waals surface area contributed by atoms with Crippen molar-refractivity contribution in [3.8, 4) is 0 Å². The van der Waals surface area contributed by atoms with Crippen LogP contribution >= 0.6 is 0 Å². The Kier molecular flexibility index (Phi) is 5.75. The maximum atomic E-state index is 11.5. The number of benzene rings is 1. The van der Waals surface area contributed by atoms with Crippen LogP contribution < -0.4 is 0 Å². The molecule has 1 N–H and O–H groups in total. The lowest BCUT2D eigenvalue weighted by Gasteiger charge is -2.16. The van der Waals surface area contributed by atoms with Crippen LogP contribution in [0.25, 0.3) is 6.08 Å². The monoisotopic (exact) mass is 263 g/mol. The molecule has 0 aliphatic rings. The van der Waals surface area contributed by atoms with Gasteiger partial charge in [-0.05, 0) is 17.2 Å². The zero-order valence-electron chi connectivity index (χ0n) is 11.0. The van der Waals surface area contributed by atoms with Crippen molar-refractivity contribution in [3.05, 3.63) is 41.5 Å². The first kappa shape index (κ1) is 14.9. The van der Waals surface area contributed by atoms with E-state index in [1.807, 2.05) is 24.3 Å². The zero-order chi connectivity index (χ0) is 14.3.